The van der Waals surface area contributed by atoms with E-state index in [0.29, 0.717) is 0 Å². The zero-order valence-corrected chi connectivity index (χ0v) is 6.70. The predicted octanol–water partition coefficient (Wildman–Crippen LogP) is -0.122. The first-order valence-electron chi connectivity index (χ1n) is 3.10. The molecule has 0 aliphatic carbocycles. The normalized spacial score (nSPS) is 7.75. The summed E-state index contributed by atoms with van der Waals surface area (Å²) in [5.74, 6) is -1.99. The largest absolute Gasteiger partial charge is 0.481 e. The summed E-state index contributed by atoms with van der Waals surface area (Å²) < 4.78 is 0. The highest BCUT2D eigenvalue weighted by molar-refractivity contribution is 5.75. The van der Waals surface area contributed by atoms with E-state index in [2.05, 4.69) is 0 Å². The van der Waals surface area contributed by atoms with Crippen molar-refractivity contribution in [3.8, 4) is 0 Å². The van der Waals surface area contributed by atoms with Crippen molar-refractivity contribution >= 4 is 17.8 Å². The van der Waals surface area contributed by atoms with Gasteiger partial charge in [-0.3, -0.25) is 15.0 Å². The number of nitrogens with one attached hydrogen (secondary N) is 1. The van der Waals surface area contributed by atoms with E-state index < -0.39 is 11.9 Å². The summed E-state index contributed by atoms with van der Waals surface area (Å²) in [6, 6.07) is 0. The van der Waals surface area contributed by atoms with Crippen molar-refractivity contribution in [3.05, 3.63) is 0 Å². The fourth-order valence-electron chi connectivity index (χ4n) is 0.214. The number of carboxylic acids is 2. The minimum absolute atomic E-state index is 0.167. The second-order valence-electron chi connectivity index (χ2n) is 1.97. The molecule has 0 spiro atoms. The maximum Gasteiger partial charge on any atom is 0.303 e. The van der Waals surface area contributed by atoms with E-state index in [-0.39, 0.29) is 18.7 Å². The van der Waals surface area contributed by atoms with Crippen molar-refractivity contribution in [2.75, 3.05) is 0 Å². The van der Waals surface area contributed by atoms with Crippen molar-refractivity contribution in [2.24, 2.45) is 5.73 Å². The Morgan fingerprint density at radius 2 is 1.42 bits per heavy atom. The van der Waals surface area contributed by atoms with Crippen LogP contribution < -0.4 is 5.73 Å². The Kier molecular flexibility index (Phi) is 8.16. The maximum absolute atomic E-state index is 9.64. The molecule has 6 heteroatoms. The molecule has 0 bridgehead atoms. The van der Waals surface area contributed by atoms with E-state index >= 15 is 0 Å². The van der Waals surface area contributed by atoms with Crippen LogP contribution in [0.2, 0.25) is 0 Å². The van der Waals surface area contributed by atoms with Crippen molar-refractivity contribution < 1.29 is 19.8 Å². The van der Waals surface area contributed by atoms with Gasteiger partial charge in [-0.05, 0) is 6.92 Å². The summed E-state index contributed by atoms with van der Waals surface area (Å²) in [5, 5.41) is 22.1. The summed E-state index contributed by atoms with van der Waals surface area (Å²) in [7, 11) is 0. The fraction of sp³-hybridized carbons (Fsp3) is 0.500. The smallest absolute Gasteiger partial charge is 0.303 e. The average molecular weight is 176 g/mol. The molecule has 0 aliphatic rings. The summed E-state index contributed by atoms with van der Waals surface area (Å²) >= 11 is 0. The minimum atomic E-state index is -1.08. The molecule has 12 heavy (non-hydrogen) atoms. The Morgan fingerprint density at radius 1 is 1.25 bits per heavy atom. The molecule has 0 unspecified atom stereocenters. The van der Waals surface area contributed by atoms with E-state index in [0.717, 1.165) is 0 Å². The van der Waals surface area contributed by atoms with E-state index in [1.165, 1.54) is 6.92 Å². The maximum atomic E-state index is 9.64. The predicted molar refractivity (Wildman–Crippen MR) is 42.1 cm³/mol. The molecule has 0 heterocycles. The van der Waals surface area contributed by atoms with Crippen LogP contribution in [0.15, 0.2) is 0 Å². The number of nitrogens with two attached hydrogens (primary N) is 1. The summed E-state index contributed by atoms with van der Waals surface area (Å²) in [6.07, 6.45) is -0.593. The molecule has 0 aromatic rings. The number of amidine groups is 1. The van der Waals surface area contributed by atoms with Crippen LogP contribution in [0.25, 0.3) is 0 Å². The van der Waals surface area contributed by atoms with Crippen molar-refractivity contribution in [1.29, 1.82) is 5.41 Å². The lowest BCUT2D eigenvalue weighted by Crippen LogP contribution is -2.00. The topological polar surface area (TPSA) is 124 Å². The second-order valence-corrected chi connectivity index (χ2v) is 1.97. The summed E-state index contributed by atoms with van der Waals surface area (Å²) in [5.41, 5.74) is 4.69. The summed E-state index contributed by atoms with van der Waals surface area (Å²) in [6.45, 7) is 1.53. The highest BCUT2D eigenvalue weighted by Crippen LogP contribution is 1.86. The molecule has 0 radical (unpaired) electrons. The van der Waals surface area contributed by atoms with Crippen LogP contribution in [0, 0.1) is 5.41 Å². The lowest BCUT2D eigenvalue weighted by Gasteiger charge is -1.85. The number of rotatable bonds is 3. The van der Waals surface area contributed by atoms with Crippen LogP contribution in [0.4, 0.5) is 0 Å². The molecule has 0 fully saturated rings. The number of aliphatic carboxylic acids is 2. The third kappa shape index (κ3) is 39.7. The first kappa shape index (κ1) is 13.0. The van der Waals surface area contributed by atoms with Gasteiger partial charge >= 0.3 is 11.9 Å². The van der Waals surface area contributed by atoms with Gasteiger partial charge in [0.15, 0.2) is 0 Å². The fourth-order valence-corrected chi connectivity index (χ4v) is 0.214. The molecule has 70 valence electrons. The Bertz CT molecular complexity index is 160. The third-order valence-corrected chi connectivity index (χ3v) is 0.553. The summed E-state index contributed by atoms with van der Waals surface area (Å²) in [4.78, 5) is 19.3. The van der Waals surface area contributed by atoms with Gasteiger partial charge < -0.3 is 15.9 Å². The van der Waals surface area contributed by atoms with Gasteiger partial charge in [0, 0.05) is 0 Å². The van der Waals surface area contributed by atoms with Crippen LogP contribution in [0.5, 0.6) is 0 Å². The highest BCUT2D eigenvalue weighted by Gasteiger charge is 2.00. The van der Waals surface area contributed by atoms with E-state index in [1.807, 2.05) is 0 Å². The zero-order valence-electron chi connectivity index (χ0n) is 6.70. The van der Waals surface area contributed by atoms with E-state index in [9.17, 15) is 9.59 Å². The molecular weight excluding hydrogens is 164 g/mol. The van der Waals surface area contributed by atoms with Crippen LogP contribution in [-0.4, -0.2) is 28.0 Å². The molecule has 0 saturated heterocycles. The average Bonchev–Trinajstić information content (AvgIpc) is 1.82. The van der Waals surface area contributed by atoms with E-state index in [4.69, 9.17) is 21.4 Å². The first-order chi connectivity index (χ1) is 5.36. The minimum Gasteiger partial charge on any atom is -0.481 e. The van der Waals surface area contributed by atoms with Crippen LogP contribution in [0.3, 0.4) is 0 Å². The molecule has 5 N–H and O–H groups in total. The Morgan fingerprint density at radius 3 is 1.50 bits per heavy atom. The number of carbonyl (C=O) groups is 2. The molecule has 0 aromatic heterocycles. The quantitative estimate of drug-likeness (QED) is 0.352. The van der Waals surface area contributed by atoms with Gasteiger partial charge in [0.1, 0.15) is 0 Å². The van der Waals surface area contributed by atoms with E-state index in [1.54, 1.807) is 0 Å². The van der Waals surface area contributed by atoms with Crippen molar-refractivity contribution in [2.45, 2.75) is 19.8 Å². The second kappa shape index (κ2) is 7.52. The lowest BCUT2D eigenvalue weighted by molar-refractivity contribution is -0.143. The highest BCUT2D eigenvalue weighted by atomic mass is 16.4. The molecule has 0 aliphatic heterocycles. The monoisotopic (exact) mass is 176 g/mol. The molecule has 0 amide bonds. The van der Waals surface area contributed by atoms with Crippen LogP contribution in [0.1, 0.15) is 19.8 Å². The molecule has 6 nitrogen and oxygen atoms in total. The van der Waals surface area contributed by atoms with Gasteiger partial charge in [0.05, 0.1) is 18.7 Å². The standard InChI is InChI=1S/C4H6O4.C2H6N2/c5-3(6)1-2-4(7)8;1-2(3)4/h1-2H2,(H,5,6)(H,7,8);1H3,(H3,3,4). The first-order valence-corrected chi connectivity index (χ1v) is 3.10. The van der Waals surface area contributed by atoms with Crippen molar-refractivity contribution in [1.82, 2.24) is 0 Å². The molecule has 0 rings (SSSR count). The molecule has 0 aromatic carbocycles. The lowest BCUT2D eigenvalue weighted by atomic mass is 10.3. The van der Waals surface area contributed by atoms with Gasteiger partial charge in [0.25, 0.3) is 0 Å². The van der Waals surface area contributed by atoms with Crippen LogP contribution >= 0.6 is 0 Å². The Labute approximate surface area is 69.5 Å². The van der Waals surface area contributed by atoms with Crippen molar-refractivity contribution in [3.63, 3.8) is 0 Å². The molecular formula is C6H12N2O4. The molecule has 0 saturated carbocycles. The number of hydrogen-bond acceptors (Lipinski definition) is 3. The van der Waals surface area contributed by atoms with Gasteiger partial charge in [-0.1, -0.05) is 0 Å². The Balaban J connectivity index is 0. The van der Waals surface area contributed by atoms with Crippen LogP contribution in [-0.2, 0) is 9.59 Å². The van der Waals surface area contributed by atoms with Gasteiger partial charge in [0.2, 0.25) is 0 Å². The third-order valence-electron chi connectivity index (χ3n) is 0.553. The van der Waals surface area contributed by atoms with Gasteiger partial charge in [-0.2, -0.15) is 0 Å². The Hall–Kier alpha value is -1.59. The SMILES string of the molecule is CC(=N)N.O=C(O)CCC(=O)O. The molecule has 0 atom stereocenters. The van der Waals surface area contributed by atoms with Gasteiger partial charge in [-0.25, -0.2) is 0 Å². The zero-order chi connectivity index (χ0) is 10.1. The number of carboxylic acid groups (broad SMARTS) is 2. The number of hydrogen-bond donors (Lipinski definition) is 4. The van der Waals surface area contributed by atoms with Gasteiger partial charge in [-0.15, -0.1) is 0 Å².